The molecule has 1 fully saturated rings. The van der Waals surface area contributed by atoms with Crippen LogP contribution < -0.4 is 5.32 Å². The molecule has 1 aliphatic rings. The van der Waals surface area contributed by atoms with Crippen molar-refractivity contribution in [2.45, 2.75) is 12.8 Å². The Balaban J connectivity index is 0.000000218. The molecule has 6 heteroatoms. The highest BCUT2D eigenvalue weighted by Gasteiger charge is 2.15. The van der Waals surface area contributed by atoms with Crippen LogP contribution in [0, 0.1) is 0 Å². The van der Waals surface area contributed by atoms with Crippen molar-refractivity contribution in [3.8, 4) is 0 Å². The first kappa shape index (κ1) is 9.90. The molecule has 1 aliphatic heterocycles. The van der Waals surface area contributed by atoms with Crippen LogP contribution in [-0.4, -0.2) is 22.3 Å². The van der Waals surface area contributed by atoms with E-state index in [1.807, 2.05) is 0 Å². The van der Waals surface area contributed by atoms with Crippen molar-refractivity contribution in [2.24, 2.45) is 0 Å². The first-order chi connectivity index (χ1) is 5.02. The molecule has 0 aromatic carbocycles. The van der Waals surface area contributed by atoms with Crippen molar-refractivity contribution in [3.63, 3.8) is 0 Å². The third kappa shape index (κ3) is 6.79. The number of rotatable bonds is 0. The molecule has 62 valence electrons. The lowest BCUT2D eigenvalue weighted by Gasteiger charge is -1.79. The van der Waals surface area contributed by atoms with Gasteiger partial charge in [0.15, 0.2) is 0 Å². The molecule has 0 aromatic rings. The van der Waals surface area contributed by atoms with Crippen LogP contribution in [0.25, 0.3) is 0 Å². The molecule has 0 unspecified atom stereocenters. The highest BCUT2D eigenvalue weighted by atomic mass is 35.5. The van der Waals surface area contributed by atoms with Crippen molar-refractivity contribution in [3.05, 3.63) is 0 Å². The number of halogens is 1. The number of carbonyl (C=O) groups excluding carboxylic acids is 2. The van der Waals surface area contributed by atoms with E-state index in [1.54, 1.807) is 0 Å². The van der Waals surface area contributed by atoms with Crippen LogP contribution in [0.1, 0.15) is 12.8 Å². The average molecular weight is 180 g/mol. The monoisotopic (exact) mass is 179 g/mol. The number of imide groups is 1. The van der Waals surface area contributed by atoms with Gasteiger partial charge in [-0.15, -0.1) is 0 Å². The van der Waals surface area contributed by atoms with E-state index in [0.717, 1.165) is 0 Å². The van der Waals surface area contributed by atoms with Gasteiger partial charge in [0.2, 0.25) is 11.8 Å². The second-order valence-electron chi connectivity index (χ2n) is 1.72. The minimum atomic E-state index is -1.36. The Labute approximate surface area is 67.3 Å². The predicted molar refractivity (Wildman–Crippen MR) is 36.3 cm³/mol. The smallest absolute Gasteiger partial charge is 0.401 e. The van der Waals surface area contributed by atoms with Crippen LogP contribution >= 0.6 is 11.6 Å². The molecule has 0 saturated carbocycles. The van der Waals surface area contributed by atoms with E-state index in [4.69, 9.17) is 9.90 Å². The van der Waals surface area contributed by atoms with Gasteiger partial charge in [0.05, 0.1) is 0 Å². The summed E-state index contributed by atoms with van der Waals surface area (Å²) in [6.07, 6.45) is 0.748. The average Bonchev–Trinajstić information content (AvgIpc) is 2.13. The van der Waals surface area contributed by atoms with Crippen LogP contribution in [-0.2, 0) is 9.59 Å². The number of hydrogen-bond acceptors (Lipinski definition) is 3. The molecule has 0 radical (unpaired) electrons. The molecular formula is C5H6ClNO4. The first-order valence-corrected chi connectivity index (χ1v) is 3.11. The van der Waals surface area contributed by atoms with Crippen molar-refractivity contribution in [2.75, 3.05) is 0 Å². The van der Waals surface area contributed by atoms with Crippen molar-refractivity contribution >= 4 is 28.8 Å². The Morgan fingerprint density at radius 2 is 1.64 bits per heavy atom. The Hall–Kier alpha value is -1.10. The molecule has 2 N–H and O–H groups in total. The lowest BCUT2D eigenvalue weighted by Crippen LogP contribution is -2.18. The number of hydrogen-bond donors (Lipinski definition) is 2. The van der Waals surface area contributed by atoms with Crippen molar-refractivity contribution in [1.82, 2.24) is 5.32 Å². The second kappa shape index (κ2) is 4.68. The van der Waals surface area contributed by atoms with Gasteiger partial charge in [-0.2, -0.15) is 0 Å². The Morgan fingerprint density at radius 1 is 1.36 bits per heavy atom. The summed E-state index contributed by atoms with van der Waals surface area (Å²) < 4.78 is 0. The topological polar surface area (TPSA) is 83.5 Å². The van der Waals surface area contributed by atoms with Gasteiger partial charge < -0.3 is 5.11 Å². The van der Waals surface area contributed by atoms with E-state index < -0.39 is 5.43 Å². The van der Waals surface area contributed by atoms with E-state index in [2.05, 4.69) is 16.9 Å². The minimum Gasteiger partial charge on any atom is -0.469 e. The standard InChI is InChI=1S/C4H5NO2.CHClO2/c6-3-1-2-4(7)5-3;2-1(3)4/h1-2H2,(H,5,6,7);(H,3,4). The Kier molecular flexibility index (Phi) is 4.21. The van der Waals surface area contributed by atoms with Gasteiger partial charge in [-0.25, -0.2) is 4.79 Å². The van der Waals surface area contributed by atoms with Gasteiger partial charge in [0.1, 0.15) is 0 Å². The highest BCUT2D eigenvalue weighted by Crippen LogP contribution is 1.95. The highest BCUT2D eigenvalue weighted by molar-refractivity contribution is 6.60. The van der Waals surface area contributed by atoms with E-state index in [0.29, 0.717) is 12.8 Å². The number of carbonyl (C=O) groups is 3. The summed E-state index contributed by atoms with van der Waals surface area (Å²) in [5, 5.41) is 9.32. The maximum absolute atomic E-state index is 10.1. The fourth-order valence-electron chi connectivity index (χ4n) is 0.508. The van der Waals surface area contributed by atoms with Crippen LogP contribution in [0.3, 0.4) is 0 Å². The summed E-state index contributed by atoms with van der Waals surface area (Å²) >= 11 is 4.19. The molecule has 2 amide bonds. The third-order valence-electron chi connectivity index (χ3n) is 0.858. The molecule has 1 rings (SSSR count). The number of amides is 2. The minimum absolute atomic E-state index is 0.148. The zero-order chi connectivity index (χ0) is 8.85. The molecule has 0 spiro atoms. The second-order valence-corrected chi connectivity index (χ2v) is 2.05. The maximum atomic E-state index is 10.1. The van der Waals surface area contributed by atoms with Gasteiger partial charge in [-0.05, 0) is 0 Å². The molecule has 0 bridgehead atoms. The van der Waals surface area contributed by atoms with Crippen LogP contribution in [0.2, 0.25) is 0 Å². The van der Waals surface area contributed by atoms with Crippen molar-refractivity contribution < 1.29 is 19.5 Å². The number of carboxylic acid groups (broad SMARTS) is 1. The van der Waals surface area contributed by atoms with Gasteiger partial charge in [-0.3, -0.25) is 14.9 Å². The molecule has 1 saturated heterocycles. The quantitative estimate of drug-likeness (QED) is 0.415. The summed E-state index contributed by atoms with van der Waals surface area (Å²) in [6, 6.07) is 0. The fraction of sp³-hybridized carbons (Fsp3) is 0.400. The largest absolute Gasteiger partial charge is 0.469 e. The summed E-state index contributed by atoms with van der Waals surface area (Å²) in [5.41, 5.74) is -1.36. The summed E-state index contributed by atoms with van der Waals surface area (Å²) in [5.74, 6) is -0.296. The zero-order valence-corrected chi connectivity index (χ0v) is 6.22. The number of nitrogens with one attached hydrogen (secondary N) is 1. The Morgan fingerprint density at radius 3 is 1.73 bits per heavy atom. The molecular weight excluding hydrogens is 174 g/mol. The van der Waals surface area contributed by atoms with Crippen LogP contribution in [0.4, 0.5) is 4.79 Å². The van der Waals surface area contributed by atoms with Crippen LogP contribution in [0.15, 0.2) is 0 Å². The third-order valence-corrected chi connectivity index (χ3v) is 0.858. The van der Waals surface area contributed by atoms with Gasteiger partial charge in [0.25, 0.3) is 0 Å². The van der Waals surface area contributed by atoms with E-state index in [1.165, 1.54) is 0 Å². The molecule has 0 aliphatic carbocycles. The summed E-state index contributed by atoms with van der Waals surface area (Å²) in [7, 11) is 0. The SMILES string of the molecule is O=C(O)Cl.O=C1CCC(=O)N1. The lowest BCUT2D eigenvalue weighted by atomic mass is 10.4. The van der Waals surface area contributed by atoms with Crippen LogP contribution in [0.5, 0.6) is 0 Å². The molecule has 11 heavy (non-hydrogen) atoms. The summed E-state index contributed by atoms with van der Waals surface area (Å²) in [4.78, 5) is 29.0. The lowest BCUT2D eigenvalue weighted by molar-refractivity contribution is -0.124. The zero-order valence-electron chi connectivity index (χ0n) is 5.46. The molecule has 5 nitrogen and oxygen atoms in total. The Bertz CT molecular complexity index is 173. The molecule has 0 atom stereocenters. The normalized spacial score (nSPS) is 15.0. The van der Waals surface area contributed by atoms with E-state index in [-0.39, 0.29) is 11.8 Å². The predicted octanol–water partition coefficient (Wildman–Crippen LogP) is 0.326. The van der Waals surface area contributed by atoms with Gasteiger partial charge in [0, 0.05) is 24.4 Å². The molecule has 0 aromatic heterocycles. The maximum Gasteiger partial charge on any atom is 0.401 e. The van der Waals surface area contributed by atoms with Crippen molar-refractivity contribution in [1.29, 1.82) is 0 Å². The first-order valence-electron chi connectivity index (χ1n) is 2.73. The van der Waals surface area contributed by atoms with Gasteiger partial charge >= 0.3 is 5.43 Å². The van der Waals surface area contributed by atoms with Gasteiger partial charge in [-0.1, -0.05) is 0 Å². The molecule has 1 heterocycles. The van der Waals surface area contributed by atoms with E-state index >= 15 is 0 Å². The fourth-order valence-corrected chi connectivity index (χ4v) is 0.508. The van der Waals surface area contributed by atoms with E-state index in [9.17, 15) is 9.59 Å². The summed E-state index contributed by atoms with van der Waals surface area (Å²) in [6.45, 7) is 0.